The average Bonchev–Trinajstić information content (AvgIpc) is 2.67. The van der Waals surface area contributed by atoms with Crippen molar-refractivity contribution in [3.8, 4) is 0 Å². The maximum Gasteiger partial charge on any atom is 0.197 e. The standard InChI is InChI=1S/C9H11NO2S/c11-5-8-6-12-9(10-8)7-1-3-13-4-2-7/h5-7H,1-4H2. The topological polar surface area (TPSA) is 43.1 Å². The van der Waals surface area contributed by atoms with Crippen LogP contribution in [0.3, 0.4) is 0 Å². The molecule has 1 aliphatic heterocycles. The van der Waals surface area contributed by atoms with Crippen molar-refractivity contribution >= 4 is 18.0 Å². The first-order valence-electron chi connectivity index (χ1n) is 4.38. The Morgan fingerprint density at radius 1 is 1.54 bits per heavy atom. The summed E-state index contributed by atoms with van der Waals surface area (Å²) in [4.78, 5) is 14.5. The number of carbonyl (C=O) groups excluding carboxylic acids is 1. The van der Waals surface area contributed by atoms with Crippen LogP contribution in [0.2, 0.25) is 0 Å². The second-order valence-corrected chi connectivity index (χ2v) is 4.34. The van der Waals surface area contributed by atoms with Crippen LogP contribution in [0.5, 0.6) is 0 Å². The van der Waals surface area contributed by atoms with Gasteiger partial charge in [0.2, 0.25) is 0 Å². The third-order valence-electron chi connectivity index (χ3n) is 2.23. The molecule has 1 aromatic heterocycles. The molecule has 1 aromatic rings. The number of hydrogen-bond acceptors (Lipinski definition) is 4. The summed E-state index contributed by atoms with van der Waals surface area (Å²) in [5.41, 5.74) is 0.410. The summed E-state index contributed by atoms with van der Waals surface area (Å²) < 4.78 is 5.24. The van der Waals surface area contributed by atoms with Gasteiger partial charge in [-0.05, 0) is 24.3 Å². The molecule has 13 heavy (non-hydrogen) atoms. The summed E-state index contributed by atoms with van der Waals surface area (Å²) in [7, 11) is 0. The van der Waals surface area contributed by atoms with E-state index in [1.807, 2.05) is 11.8 Å². The van der Waals surface area contributed by atoms with E-state index < -0.39 is 0 Å². The monoisotopic (exact) mass is 197 g/mol. The van der Waals surface area contributed by atoms with Crippen LogP contribution in [-0.2, 0) is 0 Å². The number of nitrogens with zero attached hydrogens (tertiary/aromatic N) is 1. The highest BCUT2D eigenvalue weighted by molar-refractivity contribution is 7.99. The van der Waals surface area contributed by atoms with E-state index in [0.29, 0.717) is 11.6 Å². The van der Waals surface area contributed by atoms with E-state index >= 15 is 0 Å². The first-order chi connectivity index (χ1) is 6.40. The maximum absolute atomic E-state index is 10.4. The molecular formula is C9H11NO2S. The molecule has 1 aliphatic rings. The second kappa shape index (κ2) is 3.96. The van der Waals surface area contributed by atoms with Crippen LogP contribution in [-0.4, -0.2) is 22.8 Å². The molecule has 0 atom stereocenters. The van der Waals surface area contributed by atoms with Gasteiger partial charge >= 0.3 is 0 Å². The number of oxazole rings is 1. The van der Waals surface area contributed by atoms with E-state index in [4.69, 9.17) is 4.42 Å². The Hall–Kier alpha value is -0.770. The molecule has 0 spiro atoms. The van der Waals surface area contributed by atoms with Gasteiger partial charge < -0.3 is 4.42 Å². The normalized spacial score (nSPS) is 18.8. The Kier molecular flexibility index (Phi) is 2.68. The zero-order chi connectivity index (χ0) is 9.10. The molecule has 0 amide bonds. The van der Waals surface area contributed by atoms with Crippen molar-refractivity contribution < 1.29 is 9.21 Å². The predicted octanol–water partition coefficient (Wildman–Crippen LogP) is 2.10. The molecule has 0 bridgehead atoms. The van der Waals surface area contributed by atoms with Crippen LogP contribution >= 0.6 is 11.8 Å². The molecule has 2 rings (SSSR count). The fourth-order valence-electron chi connectivity index (χ4n) is 1.49. The fraction of sp³-hybridized carbons (Fsp3) is 0.556. The summed E-state index contributed by atoms with van der Waals surface area (Å²) in [6.07, 6.45) is 4.39. The van der Waals surface area contributed by atoms with Crippen LogP contribution in [0.25, 0.3) is 0 Å². The molecule has 70 valence electrons. The highest BCUT2D eigenvalue weighted by Gasteiger charge is 2.20. The first-order valence-corrected chi connectivity index (χ1v) is 5.54. The Bertz CT molecular complexity index is 292. The van der Waals surface area contributed by atoms with E-state index in [9.17, 15) is 4.79 Å². The second-order valence-electron chi connectivity index (χ2n) is 3.12. The highest BCUT2D eigenvalue weighted by Crippen LogP contribution is 2.30. The summed E-state index contributed by atoms with van der Waals surface area (Å²) >= 11 is 1.97. The number of rotatable bonds is 2. The zero-order valence-corrected chi connectivity index (χ0v) is 8.05. The van der Waals surface area contributed by atoms with Crippen molar-refractivity contribution in [2.24, 2.45) is 0 Å². The minimum absolute atomic E-state index is 0.410. The molecule has 0 aliphatic carbocycles. The van der Waals surface area contributed by atoms with Crippen LogP contribution in [0.4, 0.5) is 0 Å². The van der Waals surface area contributed by atoms with Crippen molar-refractivity contribution in [1.82, 2.24) is 4.98 Å². The van der Waals surface area contributed by atoms with Crippen LogP contribution in [0, 0.1) is 0 Å². The molecule has 2 heterocycles. The van der Waals surface area contributed by atoms with Gasteiger partial charge in [-0.25, -0.2) is 4.98 Å². The molecular weight excluding hydrogens is 186 g/mol. The van der Waals surface area contributed by atoms with Gasteiger partial charge in [-0.15, -0.1) is 0 Å². The molecule has 1 fully saturated rings. The van der Waals surface area contributed by atoms with Crippen LogP contribution < -0.4 is 0 Å². The van der Waals surface area contributed by atoms with Crippen molar-refractivity contribution in [3.05, 3.63) is 17.8 Å². The smallest absolute Gasteiger partial charge is 0.197 e. The Balaban J connectivity index is 2.09. The van der Waals surface area contributed by atoms with E-state index in [1.54, 1.807) is 0 Å². The van der Waals surface area contributed by atoms with Crippen LogP contribution in [0.15, 0.2) is 10.7 Å². The Morgan fingerprint density at radius 2 is 2.31 bits per heavy atom. The van der Waals surface area contributed by atoms with Gasteiger partial charge in [-0.3, -0.25) is 4.79 Å². The molecule has 0 radical (unpaired) electrons. The molecule has 0 N–H and O–H groups in total. The SMILES string of the molecule is O=Cc1coc(C2CCSCC2)n1. The van der Waals surface area contributed by atoms with Gasteiger partial charge in [-0.2, -0.15) is 11.8 Å². The van der Waals surface area contributed by atoms with Gasteiger partial charge in [0, 0.05) is 5.92 Å². The largest absolute Gasteiger partial charge is 0.448 e. The van der Waals surface area contributed by atoms with E-state index in [1.165, 1.54) is 17.8 Å². The van der Waals surface area contributed by atoms with Gasteiger partial charge in [0.1, 0.15) is 12.0 Å². The van der Waals surface area contributed by atoms with Gasteiger partial charge in [0.05, 0.1) is 0 Å². The molecule has 4 heteroatoms. The fourth-order valence-corrected chi connectivity index (χ4v) is 2.59. The summed E-state index contributed by atoms with van der Waals surface area (Å²) in [6.45, 7) is 0. The third kappa shape index (κ3) is 1.94. The van der Waals surface area contributed by atoms with E-state index in [0.717, 1.165) is 25.0 Å². The number of hydrogen-bond donors (Lipinski definition) is 0. The van der Waals surface area contributed by atoms with Crippen molar-refractivity contribution in [2.45, 2.75) is 18.8 Å². The lowest BCUT2D eigenvalue weighted by Crippen LogP contribution is -2.08. The van der Waals surface area contributed by atoms with Crippen molar-refractivity contribution in [3.63, 3.8) is 0 Å². The Morgan fingerprint density at radius 3 is 2.92 bits per heavy atom. The van der Waals surface area contributed by atoms with Crippen molar-refractivity contribution in [1.29, 1.82) is 0 Å². The first kappa shape index (κ1) is 8.81. The summed E-state index contributed by atoms with van der Waals surface area (Å²) in [6, 6.07) is 0. The van der Waals surface area contributed by atoms with E-state index in [-0.39, 0.29) is 0 Å². The lowest BCUT2D eigenvalue weighted by molar-refractivity contribution is 0.111. The Labute approximate surface area is 80.9 Å². The van der Waals surface area contributed by atoms with Gasteiger partial charge in [0.25, 0.3) is 0 Å². The molecule has 0 saturated carbocycles. The van der Waals surface area contributed by atoms with Crippen LogP contribution in [0.1, 0.15) is 35.1 Å². The minimum Gasteiger partial charge on any atom is -0.448 e. The summed E-state index contributed by atoms with van der Waals surface area (Å²) in [5.74, 6) is 3.50. The molecule has 1 saturated heterocycles. The average molecular weight is 197 g/mol. The van der Waals surface area contributed by atoms with Gasteiger partial charge in [-0.1, -0.05) is 0 Å². The highest BCUT2D eigenvalue weighted by atomic mass is 32.2. The molecule has 0 aromatic carbocycles. The predicted molar refractivity (Wildman–Crippen MR) is 51.2 cm³/mol. The summed E-state index contributed by atoms with van der Waals surface area (Å²) in [5, 5.41) is 0. The lowest BCUT2D eigenvalue weighted by atomic mass is 10.0. The van der Waals surface area contributed by atoms with E-state index in [2.05, 4.69) is 4.98 Å². The number of aldehydes is 1. The quantitative estimate of drug-likeness (QED) is 0.681. The number of carbonyl (C=O) groups is 1. The lowest BCUT2D eigenvalue weighted by Gasteiger charge is -2.17. The minimum atomic E-state index is 0.410. The molecule has 0 unspecified atom stereocenters. The van der Waals surface area contributed by atoms with Gasteiger partial charge in [0.15, 0.2) is 12.2 Å². The number of aromatic nitrogens is 1. The maximum atomic E-state index is 10.4. The molecule has 3 nitrogen and oxygen atoms in total. The van der Waals surface area contributed by atoms with Crippen molar-refractivity contribution in [2.75, 3.05) is 11.5 Å². The number of thioether (sulfide) groups is 1. The zero-order valence-electron chi connectivity index (χ0n) is 7.23. The third-order valence-corrected chi connectivity index (χ3v) is 3.28.